The summed E-state index contributed by atoms with van der Waals surface area (Å²) >= 11 is 0. The molecule has 0 saturated heterocycles. The molecule has 0 aromatic rings. The molecule has 0 aliphatic heterocycles. The minimum atomic E-state index is -0.875. The zero-order valence-electron chi connectivity index (χ0n) is 38.8. The van der Waals surface area contributed by atoms with Gasteiger partial charge in [-0.1, -0.05) is 231 Å². The van der Waals surface area contributed by atoms with E-state index in [9.17, 15) is 19.8 Å². The number of rotatable bonds is 47. The number of carbonyl (C=O) groups is 2. The molecule has 2 unspecified atom stereocenters. The fraction of sp³-hybridized carbons (Fsp3) is 0.885. The van der Waals surface area contributed by atoms with E-state index >= 15 is 0 Å². The Morgan fingerprint density at radius 3 is 1.26 bits per heavy atom. The van der Waals surface area contributed by atoms with E-state index in [1.807, 2.05) is 6.08 Å². The van der Waals surface area contributed by atoms with Gasteiger partial charge in [0, 0.05) is 12.8 Å². The molecular formula is C52H99NO5. The van der Waals surface area contributed by atoms with Crippen LogP contribution in [0, 0.1) is 0 Å². The van der Waals surface area contributed by atoms with Crippen molar-refractivity contribution in [1.29, 1.82) is 0 Å². The summed E-state index contributed by atoms with van der Waals surface area (Å²) in [6.45, 7) is 4.81. The van der Waals surface area contributed by atoms with Crippen molar-refractivity contribution < 1.29 is 24.5 Å². The highest BCUT2D eigenvalue weighted by Crippen LogP contribution is 2.16. The van der Waals surface area contributed by atoms with Gasteiger partial charge in [-0.15, -0.1) is 0 Å². The van der Waals surface area contributed by atoms with Crippen LogP contribution in [0.1, 0.15) is 271 Å². The Morgan fingerprint density at radius 2 is 0.828 bits per heavy atom. The quantitative estimate of drug-likeness (QED) is 0.0323. The highest BCUT2D eigenvalue weighted by molar-refractivity contribution is 5.76. The lowest BCUT2D eigenvalue weighted by molar-refractivity contribution is -0.143. The standard InChI is InChI=1S/C52H99NO5/c1-3-5-7-9-11-13-15-17-18-19-20-21-22-23-24-25-28-32-36-40-44-50(55)49(48-54)53-51(56)45-41-37-33-29-27-31-35-39-43-47-58-52(57)46-42-38-34-30-26-16-14-12-10-8-6-4-2/h29,33,40,44,49-50,54-55H,3-28,30-32,34-39,41-43,45-48H2,1-2H3,(H,53,56)/b33-29-,44-40+. The van der Waals surface area contributed by atoms with Crippen LogP contribution in [-0.2, 0) is 14.3 Å². The van der Waals surface area contributed by atoms with Gasteiger partial charge >= 0.3 is 5.97 Å². The molecule has 0 spiro atoms. The Balaban J connectivity index is 3.58. The van der Waals surface area contributed by atoms with Crippen LogP contribution in [0.5, 0.6) is 0 Å². The van der Waals surface area contributed by atoms with Crippen molar-refractivity contribution in [3.63, 3.8) is 0 Å². The number of nitrogens with one attached hydrogen (secondary N) is 1. The summed E-state index contributed by atoms with van der Waals surface area (Å²) in [6, 6.07) is -0.664. The molecule has 0 rings (SSSR count). The molecule has 0 bridgehead atoms. The van der Waals surface area contributed by atoms with Crippen LogP contribution < -0.4 is 5.32 Å². The van der Waals surface area contributed by atoms with Crippen molar-refractivity contribution in [2.24, 2.45) is 0 Å². The number of esters is 1. The number of ether oxygens (including phenoxy) is 1. The van der Waals surface area contributed by atoms with Crippen molar-refractivity contribution in [2.45, 2.75) is 283 Å². The number of unbranched alkanes of at least 4 members (excludes halogenated alkanes) is 34. The summed E-state index contributed by atoms with van der Waals surface area (Å²) in [5, 5.41) is 23.0. The fourth-order valence-electron chi connectivity index (χ4n) is 7.75. The topological polar surface area (TPSA) is 95.9 Å². The summed E-state index contributed by atoms with van der Waals surface area (Å²) < 4.78 is 5.42. The maximum atomic E-state index is 12.4. The third kappa shape index (κ3) is 43.9. The summed E-state index contributed by atoms with van der Waals surface area (Å²) in [4.78, 5) is 24.4. The second kappa shape index (κ2) is 48.0. The molecule has 0 aromatic carbocycles. The van der Waals surface area contributed by atoms with E-state index in [0.717, 1.165) is 70.6 Å². The number of allylic oxidation sites excluding steroid dienone is 3. The summed E-state index contributed by atoms with van der Waals surface area (Å²) in [5.41, 5.74) is 0. The molecule has 0 saturated carbocycles. The van der Waals surface area contributed by atoms with Crippen molar-refractivity contribution in [3.8, 4) is 0 Å². The lowest BCUT2D eigenvalue weighted by Crippen LogP contribution is -2.45. The van der Waals surface area contributed by atoms with Gasteiger partial charge in [0.1, 0.15) is 0 Å². The fourth-order valence-corrected chi connectivity index (χ4v) is 7.75. The van der Waals surface area contributed by atoms with Crippen LogP contribution >= 0.6 is 0 Å². The van der Waals surface area contributed by atoms with Gasteiger partial charge in [-0.2, -0.15) is 0 Å². The Labute approximate surface area is 361 Å². The van der Waals surface area contributed by atoms with E-state index in [0.29, 0.717) is 19.4 Å². The van der Waals surface area contributed by atoms with Gasteiger partial charge < -0.3 is 20.3 Å². The van der Waals surface area contributed by atoms with Gasteiger partial charge in [0.2, 0.25) is 5.91 Å². The first-order chi connectivity index (χ1) is 28.5. The van der Waals surface area contributed by atoms with Gasteiger partial charge in [-0.25, -0.2) is 0 Å². The van der Waals surface area contributed by atoms with Gasteiger partial charge in [-0.3, -0.25) is 9.59 Å². The number of hydrogen-bond acceptors (Lipinski definition) is 5. The predicted octanol–water partition coefficient (Wildman–Crippen LogP) is 15.1. The molecule has 0 fully saturated rings. The van der Waals surface area contributed by atoms with Crippen molar-refractivity contribution in [2.75, 3.05) is 13.2 Å². The van der Waals surface area contributed by atoms with E-state index in [2.05, 4.69) is 31.3 Å². The Bertz CT molecular complexity index is 904. The second-order valence-corrected chi connectivity index (χ2v) is 17.5. The molecule has 0 aromatic heterocycles. The zero-order valence-corrected chi connectivity index (χ0v) is 38.8. The zero-order chi connectivity index (χ0) is 42.3. The molecule has 342 valence electrons. The van der Waals surface area contributed by atoms with Crippen LogP contribution in [0.3, 0.4) is 0 Å². The maximum Gasteiger partial charge on any atom is 0.305 e. The first-order valence-electron chi connectivity index (χ1n) is 25.6. The average molecular weight is 818 g/mol. The number of aliphatic hydroxyl groups excluding tert-OH is 2. The van der Waals surface area contributed by atoms with Crippen molar-refractivity contribution in [3.05, 3.63) is 24.3 Å². The van der Waals surface area contributed by atoms with Crippen LogP contribution in [-0.4, -0.2) is 47.4 Å². The van der Waals surface area contributed by atoms with E-state index in [1.54, 1.807) is 6.08 Å². The second-order valence-electron chi connectivity index (χ2n) is 17.5. The maximum absolute atomic E-state index is 12.4. The molecule has 0 heterocycles. The highest BCUT2D eigenvalue weighted by atomic mass is 16.5. The molecule has 2 atom stereocenters. The summed E-state index contributed by atoms with van der Waals surface area (Å²) in [7, 11) is 0. The molecule has 0 aliphatic rings. The van der Waals surface area contributed by atoms with Gasteiger partial charge in [-0.05, 0) is 51.4 Å². The Kier molecular flexibility index (Phi) is 46.6. The lowest BCUT2D eigenvalue weighted by atomic mass is 10.0. The smallest absolute Gasteiger partial charge is 0.305 e. The SMILES string of the molecule is CCCCCCCCCCCCCCCCCCCC/C=C/C(O)C(CO)NC(=O)CCC/C=C\CCCCCCOC(=O)CCCCCCCCCCCCCC. The van der Waals surface area contributed by atoms with E-state index < -0.39 is 12.1 Å². The van der Waals surface area contributed by atoms with Crippen LogP contribution in [0.4, 0.5) is 0 Å². The summed E-state index contributed by atoms with van der Waals surface area (Å²) in [6.07, 6.45) is 56.1. The van der Waals surface area contributed by atoms with E-state index in [-0.39, 0.29) is 18.5 Å². The van der Waals surface area contributed by atoms with Crippen molar-refractivity contribution >= 4 is 11.9 Å². The molecular weight excluding hydrogens is 719 g/mol. The minimum absolute atomic E-state index is 0.0373. The molecule has 6 nitrogen and oxygen atoms in total. The largest absolute Gasteiger partial charge is 0.466 e. The minimum Gasteiger partial charge on any atom is -0.466 e. The third-order valence-corrected chi connectivity index (χ3v) is 11.7. The van der Waals surface area contributed by atoms with Gasteiger partial charge in [0.15, 0.2) is 0 Å². The molecule has 0 radical (unpaired) electrons. The van der Waals surface area contributed by atoms with Crippen LogP contribution in [0.15, 0.2) is 24.3 Å². The first kappa shape index (κ1) is 56.3. The molecule has 6 heteroatoms. The normalized spacial score (nSPS) is 12.8. The number of hydrogen-bond donors (Lipinski definition) is 3. The number of amides is 1. The third-order valence-electron chi connectivity index (χ3n) is 11.7. The number of aliphatic hydroxyl groups is 2. The highest BCUT2D eigenvalue weighted by Gasteiger charge is 2.17. The van der Waals surface area contributed by atoms with Crippen LogP contribution in [0.2, 0.25) is 0 Å². The monoisotopic (exact) mass is 818 g/mol. The Morgan fingerprint density at radius 1 is 0.466 bits per heavy atom. The van der Waals surface area contributed by atoms with E-state index in [4.69, 9.17) is 4.74 Å². The van der Waals surface area contributed by atoms with Gasteiger partial charge in [0.05, 0.1) is 25.4 Å². The molecule has 1 amide bonds. The van der Waals surface area contributed by atoms with Crippen LogP contribution in [0.25, 0.3) is 0 Å². The molecule has 58 heavy (non-hydrogen) atoms. The first-order valence-corrected chi connectivity index (χ1v) is 25.6. The van der Waals surface area contributed by atoms with Gasteiger partial charge in [0.25, 0.3) is 0 Å². The molecule has 3 N–H and O–H groups in total. The summed E-state index contributed by atoms with van der Waals surface area (Å²) in [5.74, 6) is -0.164. The number of carbonyl (C=O) groups excluding carboxylic acids is 2. The van der Waals surface area contributed by atoms with Crippen molar-refractivity contribution in [1.82, 2.24) is 5.32 Å². The molecule has 0 aliphatic carbocycles. The van der Waals surface area contributed by atoms with E-state index in [1.165, 1.54) is 173 Å². The Hall–Kier alpha value is -1.66. The lowest BCUT2D eigenvalue weighted by Gasteiger charge is -2.19. The average Bonchev–Trinajstić information content (AvgIpc) is 3.22. The predicted molar refractivity (Wildman–Crippen MR) is 250 cm³/mol.